The lowest BCUT2D eigenvalue weighted by Gasteiger charge is -2.13. The fourth-order valence-electron chi connectivity index (χ4n) is 2.93. The van der Waals surface area contributed by atoms with Gasteiger partial charge in [0.15, 0.2) is 0 Å². The predicted octanol–water partition coefficient (Wildman–Crippen LogP) is 5.48. The lowest BCUT2D eigenvalue weighted by molar-refractivity contribution is -0.114. The summed E-state index contributed by atoms with van der Waals surface area (Å²) in [6, 6.07) is 24.9. The fourth-order valence-corrected chi connectivity index (χ4v) is 2.93. The van der Waals surface area contributed by atoms with Crippen LogP contribution in [0.5, 0.6) is 0 Å². The third-order valence-electron chi connectivity index (χ3n) is 4.31. The summed E-state index contributed by atoms with van der Waals surface area (Å²) in [5.74, 6) is -0.0683. The van der Waals surface area contributed by atoms with Crippen molar-refractivity contribution in [3.8, 4) is 0 Å². The fraction of sp³-hybridized carbons (Fsp3) is 0.174. The number of aryl methyl sites for hydroxylation is 3. The van der Waals surface area contributed by atoms with Crippen LogP contribution >= 0.6 is 0 Å². The van der Waals surface area contributed by atoms with E-state index in [0.29, 0.717) is 0 Å². The third-order valence-corrected chi connectivity index (χ3v) is 4.31. The molecule has 1 amide bonds. The summed E-state index contributed by atoms with van der Waals surface area (Å²) in [6.07, 6.45) is 2.03. The molecular weight excluding hydrogens is 320 g/mol. The highest BCUT2D eigenvalue weighted by atomic mass is 16.1. The molecule has 0 spiro atoms. The molecule has 3 aromatic carbocycles. The summed E-state index contributed by atoms with van der Waals surface area (Å²) in [7, 11) is 0. The van der Waals surface area contributed by atoms with E-state index in [-0.39, 0.29) is 5.91 Å². The number of hydrogen-bond acceptors (Lipinski definition) is 2. The van der Waals surface area contributed by atoms with Gasteiger partial charge < -0.3 is 10.6 Å². The molecule has 26 heavy (non-hydrogen) atoms. The molecule has 0 saturated heterocycles. The molecule has 0 fully saturated rings. The van der Waals surface area contributed by atoms with Crippen molar-refractivity contribution in [2.45, 2.75) is 26.7 Å². The molecule has 0 heterocycles. The van der Waals surface area contributed by atoms with Crippen LogP contribution in [0.15, 0.2) is 72.8 Å². The molecule has 0 radical (unpaired) electrons. The van der Waals surface area contributed by atoms with Crippen LogP contribution in [0.1, 0.15) is 23.6 Å². The Morgan fingerprint density at radius 3 is 2.31 bits per heavy atom. The van der Waals surface area contributed by atoms with Gasteiger partial charge in [-0.1, -0.05) is 48.5 Å². The van der Waals surface area contributed by atoms with E-state index in [1.807, 2.05) is 30.3 Å². The summed E-state index contributed by atoms with van der Waals surface area (Å²) in [5, 5.41) is 6.29. The number of anilines is 3. The van der Waals surface area contributed by atoms with Gasteiger partial charge in [-0.05, 0) is 60.7 Å². The van der Waals surface area contributed by atoms with E-state index in [1.165, 1.54) is 23.6 Å². The molecular formula is C23H24N2O. The summed E-state index contributed by atoms with van der Waals surface area (Å²) >= 11 is 0. The average Bonchev–Trinajstić information content (AvgIpc) is 2.63. The maximum Gasteiger partial charge on any atom is 0.221 e. The predicted molar refractivity (Wildman–Crippen MR) is 109 cm³/mol. The molecule has 0 aliphatic rings. The molecule has 0 atom stereocenters. The number of amides is 1. The van der Waals surface area contributed by atoms with Crippen molar-refractivity contribution in [2.24, 2.45) is 0 Å². The van der Waals surface area contributed by atoms with Crippen LogP contribution in [0.25, 0.3) is 0 Å². The normalized spacial score (nSPS) is 10.4. The van der Waals surface area contributed by atoms with Gasteiger partial charge >= 0.3 is 0 Å². The minimum absolute atomic E-state index is 0.0683. The smallest absolute Gasteiger partial charge is 0.221 e. The van der Waals surface area contributed by atoms with E-state index in [4.69, 9.17) is 0 Å². The Hall–Kier alpha value is -3.07. The minimum atomic E-state index is -0.0683. The Morgan fingerprint density at radius 2 is 1.54 bits per heavy atom. The number of nitrogens with one attached hydrogen (secondary N) is 2. The van der Waals surface area contributed by atoms with Crippen LogP contribution in [0.2, 0.25) is 0 Å². The second kappa shape index (κ2) is 8.34. The first-order chi connectivity index (χ1) is 12.6. The molecule has 0 aliphatic carbocycles. The van der Waals surface area contributed by atoms with Gasteiger partial charge in [-0.15, -0.1) is 0 Å². The maximum atomic E-state index is 11.2. The van der Waals surface area contributed by atoms with Crippen LogP contribution < -0.4 is 10.6 Å². The van der Waals surface area contributed by atoms with Crippen LogP contribution in [0, 0.1) is 6.92 Å². The van der Waals surface area contributed by atoms with Gasteiger partial charge in [0.1, 0.15) is 0 Å². The van der Waals surface area contributed by atoms with Gasteiger partial charge in [-0.25, -0.2) is 0 Å². The van der Waals surface area contributed by atoms with Crippen molar-refractivity contribution in [1.82, 2.24) is 0 Å². The topological polar surface area (TPSA) is 41.1 Å². The van der Waals surface area contributed by atoms with E-state index < -0.39 is 0 Å². The van der Waals surface area contributed by atoms with E-state index in [9.17, 15) is 4.79 Å². The Kier molecular flexibility index (Phi) is 5.69. The van der Waals surface area contributed by atoms with Crippen LogP contribution in [-0.2, 0) is 17.6 Å². The van der Waals surface area contributed by atoms with Crippen molar-refractivity contribution in [3.05, 3.63) is 89.5 Å². The minimum Gasteiger partial charge on any atom is -0.355 e. The highest BCUT2D eigenvalue weighted by molar-refractivity contribution is 5.89. The Morgan fingerprint density at radius 1 is 0.808 bits per heavy atom. The van der Waals surface area contributed by atoms with Gasteiger partial charge in [0.05, 0.1) is 0 Å². The monoisotopic (exact) mass is 344 g/mol. The first-order valence-corrected chi connectivity index (χ1v) is 8.88. The highest BCUT2D eigenvalue weighted by Gasteiger charge is 2.04. The molecule has 3 rings (SSSR count). The number of rotatable bonds is 6. The second-order valence-corrected chi connectivity index (χ2v) is 6.52. The maximum absolute atomic E-state index is 11.2. The highest BCUT2D eigenvalue weighted by Crippen LogP contribution is 2.24. The Labute approximate surface area is 155 Å². The largest absolute Gasteiger partial charge is 0.355 e. The van der Waals surface area contributed by atoms with Gasteiger partial charge in [0.2, 0.25) is 5.91 Å². The van der Waals surface area contributed by atoms with Gasteiger partial charge in [0.25, 0.3) is 0 Å². The Balaban J connectivity index is 1.72. The molecule has 3 heteroatoms. The summed E-state index contributed by atoms with van der Waals surface area (Å²) in [5.41, 5.74) is 6.69. The summed E-state index contributed by atoms with van der Waals surface area (Å²) in [4.78, 5) is 11.2. The quantitative estimate of drug-likeness (QED) is 0.621. The number of carbonyl (C=O) groups is 1. The van der Waals surface area contributed by atoms with E-state index in [1.54, 1.807) is 0 Å². The number of carbonyl (C=O) groups excluding carboxylic acids is 1. The standard InChI is InChI=1S/C23H24N2O/c1-17-11-12-20(14-13-19-7-4-3-5-8-19)15-23(17)25-22-10-6-9-21(16-22)24-18(2)26/h3-12,15-16,25H,13-14H2,1-2H3,(H,24,26). The third kappa shape index (κ3) is 4.96. The second-order valence-electron chi connectivity index (χ2n) is 6.52. The zero-order chi connectivity index (χ0) is 18.4. The molecule has 2 N–H and O–H groups in total. The first kappa shape index (κ1) is 17.7. The van der Waals surface area contributed by atoms with Crippen LogP contribution in [-0.4, -0.2) is 5.91 Å². The molecule has 0 aliphatic heterocycles. The molecule has 0 aromatic heterocycles. The van der Waals surface area contributed by atoms with Gasteiger partial charge in [-0.2, -0.15) is 0 Å². The van der Waals surface area contributed by atoms with Crippen molar-refractivity contribution in [2.75, 3.05) is 10.6 Å². The lowest BCUT2D eigenvalue weighted by Crippen LogP contribution is -2.05. The van der Waals surface area contributed by atoms with E-state index in [0.717, 1.165) is 29.9 Å². The molecule has 0 saturated carbocycles. The zero-order valence-corrected chi connectivity index (χ0v) is 15.3. The molecule has 0 unspecified atom stereocenters. The first-order valence-electron chi connectivity index (χ1n) is 8.88. The Bertz CT molecular complexity index is 888. The van der Waals surface area contributed by atoms with E-state index in [2.05, 4.69) is 60.0 Å². The summed E-state index contributed by atoms with van der Waals surface area (Å²) < 4.78 is 0. The number of benzene rings is 3. The lowest BCUT2D eigenvalue weighted by atomic mass is 10.0. The summed E-state index contributed by atoms with van der Waals surface area (Å²) in [6.45, 7) is 3.61. The van der Waals surface area contributed by atoms with Crippen LogP contribution in [0.4, 0.5) is 17.1 Å². The van der Waals surface area contributed by atoms with Crippen molar-refractivity contribution >= 4 is 23.0 Å². The molecule has 3 aromatic rings. The zero-order valence-electron chi connectivity index (χ0n) is 15.3. The molecule has 0 bridgehead atoms. The SMILES string of the molecule is CC(=O)Nc1cccc(Nc2cc(CCc3ccccc3)ccc2C)c1. The van der Waals surface area contributed by atoms with Crippen LogP contribution in [0.3, 0.4) is 0 Å². The van der Waals surface area contributed by atoms with Gasteiger partial charge in [0, 0.05) is 24.0 Å². The van der Waals surface area contributed by atoms with Gasteiger partial charge in [-0.3, -0.25) is 4.79 Å². The van der Waals surface area contributed by atoms with Crippen molar-refractivity contribution in [3.63, 3.8) is 0 Å². The molecule has 3 nitrogen and oxygen atoms in total. The van der Waals surface area contributed by atoms with Crippen molar-refractivity contribution in [1.29, 1.82) is 0 Å². The van der Waals surface area contributed by atoms with Crippen molar-refractivity contribution < 1.29 is 4.79 Å². The number of hydrogen-bond donors (Lipinski definition) is 2. The average molecular weight is 344 g/mol. The molecule has 132 valence electrons. The van der Waals surface area contributed by atoms with E-state index >= 15 is 0 Å².